The molecule has 0 aliphatic heterocycles. The highest BCUT2D eigenvalue weighted by Gasteiger charge is 2.21. The van der Waals surface area contributed by atoms with Crippen LogP contribution in [0, 0.1) is 12.8 Å². The van der Waals surface area contributed by atoms with Crippen molar-refractivity contribution in [3.8, 4) is 0 Å². The first-order valence-corrected chi connectivity index (χ1v) is 8.74. The number of hydrogen-bond donors (Lipinski definition) is 3. The van der Waals surface area contributed by atoms with E-state index in [0.29, 0.717) is 29.3 Å². The van der Waals surface area contributed by atoms with Gasteiger partial charge < -0.3 is 20.2 Å². The minimum absolute atomic E-state index is 0.0771. The summed E-state index contributed by atoms with van der Waals surface area (Å²) in [6.07, 6.45) is 0.939. The van der Waals surface area contributed by atoms with Gasteiger partial charge in [-0.2, -0.15) is 0 Å². The third-order valence-electron chi connectivity index (χ3n) is 3.73. The number of anilines is 1. The largest absolute Gasteiger partial charge is 0.481 e. The molecule has 27 heavy (non-hydrogen) atoms. The molecule has 1 aromatic carbocycles. The molecule has 0 fully saturated rings. The van der Waals surface area contributed by atoms with Gasteiger partial charge in [-0.1, -0.05) is 25.4 Å². The first-order valence-electron chi connectivity index (χ1n) is 8.37. The number of aliphatic carboxylic acids is 1. The van der Waals surface area contributed by atoms with Crippen LogP contribution in [0.2, 0.25) is 5.02 Å². The first-order chi connectivity index (χ1) is 12.7. The van der Waals surface area contributed by atoms with E-state index in [-0.39, 0.29) is 22.3 Å². The third-order valence-corrected chi connectivity index (χ3v) is 4.05. The van der Waals surface area contributed by atoms with Crippen molar-refractivity contribution in [1.29, 1.82) is 0 Å². The van der Waals surface area contributed by atoms with Crippen molar-refractivity contribution in [3.63, 3.8) is 0 Å². The Labute approximate surface area is 161 Å². The van der Waals surface area contributed by atoms with Crippen LogP contribution in [0.1, 0.15) is 45.9 Å². The zero-order valence-corrected chi connectivity index (χ0v) is 16.0. The van der Waals surface area contributed by atoms with E-state index >= 15 is 0 Å². The van der Waals surface area contributed by atoms with E-state index in [9.17, 15) is 14.4 Å². The topological polar surface area (TPSA) is 109 Å². The van der Waals surface area contributed by atoms with E-state index in [4.69, 9.17) is 21.1 Å². The molecule has 1 aromatic heterocycles. The number of carbonyl (C=O) groups is 3. The minimum Gasteiger partial charge on any atom is -0.481 e. The number of amides is 2. The number of carboxylic acid groups (broad SMARTS) is 1. The molecule has 0 atom stereocenters. The zero-order valence-electron chi connectivity index (χ0n) is 15.3. The highest BCUT2D eigenvalue weighted by molar-refractivity contribution is 6.34. The Kier molecular flexibility index (Phi) is 6.63. The van der Waals surface area contributed by atoms with Crippen molar-refractivity contribution in [2.24, 2.45) is 5.92 Å². The molecule has 1 heterocycles. The summed E-state index contributed by atoms with van der Waals surface area (Å²) in [5, 5.41) is 14.5. The predicted octanol–water partition coefficient (Wildman–Crippen LogP) is 3.51. The summed E-state index contributed by atoms with van der Waals surface area (Å²) in [5.41, 5.74) is 1.39. The number of nitrogens with one attached hydrogen (secondary N) is 2. The fourth-order valence-electron chi connectivity index (χ4n) is 2.43. The quantitative estimate of drug-likeness (QED) is 0.668. The zero-order chi connectivity index (χ0) is 20.1. The fourth-order valence-corrected chi connectivity index (χ4v) is 2.70. The highest BCUT2D eigenvalue weighted by Crippen LogP contribution is 2.23. The second kappa shape index (κ2) is 8.73. The number of carbonyl (C=O) groups excluding carboxylic acids is 2. The molecule has 0 unspecified atom stereocenters. The number of aryl methyl sites for hydroxylation is 1. The van der Waals surface area contributed by atoms with Gasteiger partial charge in [0.1, 0.15) is 12.2 Å². The summed E-state index contributed by atoms with van der Waals surface area (Å²) in [5.74, 6) is -1.51. The lowest BCUT2D eigenvalue weighted by Crippen LogP contribution is -2.27. The Bertz CT molecular complexity index is 873. The van der Waals surface area contributed by atoms with Crippen molar-refractivity contribution in [2.45, 2.75) is 27.2 Å². The fraction of sp³-hybridized carbons (Fsp3) is 0.316. The van der Waals surface area contributed by atoms with Crippen LogP contribution in [0.25, 0.3) is 0 Å². The average molecular weight is 393 g/mol. The van der Waals surface area contributed by atoms with Gasteiger partial charge in [0.25, 0.3) is 11.8 Å². The molecule has 0 bridgehead atoms. The van der Waals surface area contributed by atoms with Crippen LogP contribution in [0.5, 0.6) is 0 Å². The number of benzene rings is 1. The second-order valence-corrected chi connectivity index (χ2v) is 6.95. The van der Waals surface area contributed by atoms with E-state index in [1.807, 2.05) is 13.8 Å². The van der Waals surface area contributed by atoms with Gasteiger partial charge in [0, 0.05) is 17.8 Å². The number of halogens is 1. The Hall–Kier alpha value is -2.80. The van der Waals surface area contributed by atoms with Gasteiger partial charge in [-0.05, 0) is 31.0 Å². The van der Waals surface area contributed by atoms with Gasteiger partial charge in [0.05, 0.1) is 22.4 Å². The van der Waals surface area contributed by atoms with Crippen LogP contribution in [-0.2, 0) is 11.2 Å². The van der Waals surface area contributed by atoms with Crippen LogP contribution < -0.4 is 10.6 Å². The van der Waals surface area contributed by atoms with Crippen molar-refractivity contribution < 1.29 is 23.9 Å². The van der Waals surface area contributed by atoms with Gasteiger partial charge in [-0.3, -0.25) is 14.4 Å². The molecular formula is C19H21ClN2O5. The molecule has 2 aromatic rings. The molecule has 0 aliphatic carbocycles. The molecule has 0 saturated carbocycles. The molecule has 2 rings (SSSR count). The van der Waals surface area contributed by atoms with E-state index in [2.05, 4.69) is 10.6 Å². The summed E-state index contributed by atoms with van der Waals surface area (Å²) in [4.78, 5) is 35.6. The number of hydrogen-bond acceptors (Lipinski definition) is 4. The van der Waals surface area contributed by atoms with E-state index in [0.717, 1.165) is 0 Å². The van der Waals surface area contributed by atoms with E-state index in [1.54, 1.807) is 13.0 Å². The Balaban J connectivity index is 2.16. The Morgan fingerprint density at radius 3 is 2.52 bits per heavy atom. The summed E-state index contributed by atoms with van der Waals surface area (Å²) >= 11 is 6.17. The molecule has 0 saturated heterocycles. The number of carboxylic acids is 1. The van der Waals surface area contributed by atoms with Crippen LogP contribution in [0.15, 0.2) is 28.9 Å². The molecule has 0 aliphatic rings. The van der Waals surface area contributed by atoms with Crippen LogP contribution in [0.3, 0.4) is 0 Å². The standard InChI is InChI=1S/C19H21ClN2O5/c1-10(2)8-21-18(25)13-5-4-12(6-14(13)20)22-19(26)17-11(3)9-27-15(17)7-16(23)24/h4-6,9-10H,7-8H2,1-3H3,(H,21,25)(H,22,26)(H,23,24). The van der Waals surface area contributed by atoms with Gasteiger partial charge >= 0.3 is 5.97 Å². The smallest absolute Gasteiger partial charge is 0.311 e. The number of rotatable bonds is 7. The van der Waals surface area contributed by atoms with Gasteiger partial charge in [0.2, 0.25) is 0 Å². The molecule has 0 radical (unpaired) electrons. The number of furan rings is 1. The average Bonchev–Trinajstić information content (AvgIpc) is 2.92. The van der Waals surface area contributed by atoms with E-state index in [1.165, 1.54) is 18.4 Å². The summed E-state index contributed by atoms with van der Waals surface area (Å²) < 4.78 is 5.16. The lowest BCUT2D eigenvalue weighted by atomic mass is 10.1. The Morgan fingerprint density at radius 1 is 1.22 bits per heavy atom. The molecule has 0 spiro atoms. The molecule has 7 nitrogen and oxygen atoms in total. The van der Waals surface area contributed by atoms with Crippen LogP contribution in [-0.4, -0.2) is 29.4 Å². The van der Waals surface area contributed by atoms with Gasteiger partial charge in [-0.25, -0.2) is 0 Å². The molecule has 144 valence electrons. The predicted molar refractivity (Wildman–Crippen MR) is 101 cm³/mol. The van der Waals surface area contributed by atoms with Crippen LogP contribution >= 0.6 is 11.6 Å². The summed E-state index contributed by atoms with van der Waals surface area (Å²) in [6, 6.07) is 4.55. The maximum atomic E-state index is 12.5. The molecular weight excluding hydrogens is 372 g/mol. The molecule has 8 heteroatoms. The first kappa shape index (κ1) is 20.5. The van der Waals surface area contributed by atoms with Gasteiger partial charge in [-0.15, -0.1) is 0 Å². The second-order valence-electron chi connectivity index (χ2n) is 6.54. The monoisotopic (exact) mass is 392 g/mol. The van der Waals surface area contributed by atoms with Crippen molar-refractivity contribution in [2.75, 3.05) is 11.9 Å². The summed E-state index contributed by atoms with van der Waals surface area (Å²) in [7, 11) is 0. The normalized spacial score (nSPS) is 10.7. The maximum absolute atomic E-state index is 12.5. The Morgan fingerprint density at radius 2 is 1.93 bits per heavy atom. The van der Waals surface area contributed by atoms with Crippen molar-refractivity contribution >= 4 is 35.1 Å². The highest BCUT2D eigenvalue weighted by atomic mass is 35.5. The third kappa shape index (κ3) is 5.34. The lowest BCUT2D eigenvalue weighted by Gasteiger charge is -2.11. The maximum Gasteiger partial charge on any atom is 0.311 e. The van der Waals surface area contributed by atoms with E-state index < -0.39 is 18.3 Å². The SMILES string of the molecule is Cc1coc(CC(=O)O)c1C(=O)Nc1ccc(C(=O)NCC(C)C)c(Cl)c1. The van der Waals surface area contributed by atoms with Gasteiger partial charge in [0.15, 0.2) is 0 Å². The molecule has 2 amide bonds. The van der Waals surface area contributed by atoms with Crippen molar-refractivity contribution in [3.05, 3.63) is 51.9 Å². The molecule has 3 N–H and O–H groups in total. The minimum atomic E-state index is -1.10. The van der Waals surface area contributed by atoms with Crippen LogP contribution in [0.4, 0.5) is 5.69 Å². The summed E-state index contributed by atoms with van der Waals surface area (Å²) in [6.45, 7) is 6.15. The lowest BCUT2D eigenvalue weighted by molar-refractivity contribution is -0.136. The van der Waals surface area contributed by atoms with Crippen molar-refractivity contribution in [1.82, 2.24) is 5.32 Å².